The van der Waals surface area contributed by atoms with Crippen LogP contribution in [0.1, 0.15) is 34.6 Å². The third-order valence-corrected chi connectivity index (χ3v) is 4.88. The van der Waals surface area contributed by atoms with Crippen LogP contribution < -0.4 is 5.73 Å². The van der Waals surface area contributed by atoms with Gasteiger partial charge < -0.3 is 10.6 Å². The quantitative estimate of drug-likeness (QED) is 0.780. The Kier molecular flexibility index (Phi) is 4.80. The number of aromatic nitrogens is 2. The van der Waals surface area contributed by atoms with Gasteiger partial charge in [0.2, 0.25) is 0 Å². The van der Waals surface area contributed by atoms with Crippen LogP contribution in [0.2, 0.25) is 0 Å². The van der Waals surface area contributed by atoms with Crippen LogP contribution in [-0.4, -0.2) is 27.6 Å². The van der Waals surface area contributed by atoms with Gasteiger partial charge in [-0.3, -0.25) is 9.48 Å². The fraction of sp³-hybridized carbons (Fsp3) is 0.238. The number of carbonyl (C=O) groups is 1. The normalized spacial score (nSPS) is 12.0. The monoisotopic (exact) mass is 348 g/mol. The molecule has 0 fully saturated rings. The summed E-state index contributed by atoms with van der Waals surface area (Å²) >= 11 is 0. The SMILES string of the molecule is Cc1nn(C)c(N)c1C(=O)N(C)C(C)c1ccc(-c2ccccc2)cc1. The van der Waals surface area contributed by atoms with Gasteiger partial charge in [-0.05, 0) is 30.5 Å². The third kappa shape index (κ3) is 3.20. The number of rotatable bonds is 4. The van der Waals surface area contributed by atoms with E-state index in [9.17, 15) is 4.79 Å². The highest BCUT2D eigenvalue weighted by Crippen LogP contribution is 2.26. The zero-order valence-electron chi connectivity index (χ0n) is 15.6. The molecule has 1 unspecified atom stereocenters. The Balaban J connectivity index is 1.82. The minimum Gasteiger partial charge on any atom is -0.383 e. The minimum atomic E-state index is -0.118. The van der Waals surface area contributed by atoms with Gasteiger partial charge in [0.15, 0.2) is 0 Å². The summed E-state index contributed by atoms with van der Waals surface area (Å²) in [6.45, 7) is 3.81. The van der Waals surface area contributed by atoms with Gasteiger partial charge in [-0.25, -0.2) is 0 Å². The standard InChI is InChI=1S/C21H24N4O/c1-14-19(20(22)25(4)23-14)21(26)24(3)15(2)16-10-12-18(13-11-16)17-8-6-5-7-9-17/h5-13,15H,22H2,1-4H3. The molecule has 0 aliphatic rings. The van der Waals surface area contributed by atoms with E-state index >= 15 is 0 Å². The van der Waals surface area contributed by atoms with Gasteiger partial charge in [0.25, 0.3) is 5.91 Å². The summed E-state index contributed by atoms with van der Waals surface area (Å²) in [6.07, 6.45) is 0. The van der Waals surface area contributed by atoms with E-state index in [1.807, 2.05) is 25.1 Å². The van der Waals surface area contributed by atoms with E-state index in [4.69, 9.17) is 5.73 Å². The van der Waals surface area contributed by atoms with Crippen molar-refractivity contribution in [2.24, 2.45) is 7.05 Å². The van der Waals surface area contributed by atoms with Crippen molar-refractivity contribution in [1.82, 2.24) is 14.7 Å². The van der Waals surface area contributed by atoms with Crippen molar-refractivity contribution in [2.75, 3.05) is 12.8 Å². The van der Waals surface area contributed by atoms with Crippen LogP contribution in [0, 0.1) is 6.92 Å². The first kappa shape index (κ1) is 17.7. The lowest BCUT2D eigenvalue weighted by molar-refractivity contribution is 0.0743. The highest BCUT2D eigenvalue weighted by molar-refractivity contribution is 5.99. The molecule has 0 bridgehead atoms. The first-order valence-corrected chi connectivity index (χ1v) is 8.61. The van der Waals surface area contributed by atoms with Gasteiger partial charge in [-0.15, -0.1) is 0 Å². The predicted octanol–water partition coefficient (Wildman–Crippen LogP) is 3.81. The average molecular weight is 348 g/mol. The molecule has 2 N–H and O–H groups in total. The second kappa shape index (κ2) is 7.04. The van der Waals surface area contributed by atoms with E-state index in [1.165, 1.54) is 10.2 Å². The molecule has 3 aromatic rings. The van der Waals surface area contributed by atoms with E-state index in [2.05, 4.69) is 41.5 Å². The number of carbonyl (C=O) groups excluding carboxylic acids is 1. The summed E-state index contributed by atoms with van der Waals surface area (Å²) in [5.41, 5.74) is 10.5. The molecule has 5 heteroatoms. The summed E-state index contributed by atoms with van der Waals surface area (Å²) in [5.74, 6) is 0.277. The molecule has 0 aliphatic heterocycles. The summed E-state index contributed by atoms with van der Waals surface area (Å²) in [5, 5.41) is 4.24. The van der Waals surface area contributed by atoms with E-state index in [-0.39, 0.29) is 11.9 Å². The largest absolute Gasteiger partial charge is 0.383 e. The molecule has 1 heterocycles. The maximum atomic E-state index is 12.9. The van der Waals surface area contributed by atoms with Crippen molar-refractivity contribution in [3.8, 4) is 11.1 Å². The topological polar surface area (TPSA) is 64.2 Å². The second-order valence-corrected chi connectivity index (χ2v) is 6.55. The predicted molar refractivity (Wildman–Crippen MR) is 105 cm³/mol. The Labute approximate surface area is 154 Å². The van der Waals surface area contributed by atoms with Crippen LogP contribution in [0.5, 0.6) is 0 Å². The Morgan fingerprint density at radius 3 is 2.19 bits per heavy atom. The lowest BCUT2D eigenvalue weighted by Crippen LogP contribution is -2.30. The molecule has 0 saturated carbocycles. The van der Waals surface area contributed by atoms with Crippen molar-refractivity contribution in [1.29, 1.82) is 0 Å². The van der Waals surface area contributed by atoms with Crippen molar-refractivity contribution in [3.05, 3.63) is 71.4 Å². The number of nitrogens with two attached hydrogens (primary N) is 1. The van der Waals surface area contributed by atoms with E-state index in [0.29, 0.717) is 17.1 Å². The Bertz CT molecular complexity index is 913. The highest BCUT2D eigenvalue weighted by Gasteiger charge is 2.25. The smallest absolute Gasteiger partial charge is 0.259 e. The van der Waals surface area contributed by atoms with Gasteiger partial charge in [0.05, 0.1) is 11.7 Å². The summed E-state index contributed by atoms with van der Waals surface area (Å²) in [7, 11) is 3.54. The van der Waals surface area contributed by atoms with E-state index in [1.54, 1.807) is 25.9 Å². The van der Waals surface area contributed by atoms with Crippen molar-refractivity contribution >= 4 is 11.7 Å². The maximum absolute atomic E-state index is 12.9. The average Bonchev–Trinajstić information content (AvgIpc) is 2.92. The van der Waals surface area contributed by atoms with Gasteiger partial charge in [0.1, 0.15) is 11.4 Å². The van der Waals surface area contributed by atoms with Crippen LogP contribution in [0.4, 0.5) is 5.82 Å². The molecule has 2 aromatic carbocycles. The first-order chi connectivity index (χ1) is 12.4. The fourth-order valence-corrected chi connectivity index (χ4v) is 3.10. The molecular formula is C21H24N4O. The molecule has 0 spiro atoms. The Morgan fingerprint density at radius 2 is 1.65 bits per heavy atom. The van der Waals surface area contributed by atoms with Crippen LogP contribution in [0.15, 0.2) is 54.6 Å². The Morgan fingerprint density at radius 1 is 1.08 bits per heavy atom. The first-order valence-electron chi connectivity index (χ1n) is 8.61. The number of anilines is 1. The van der Waals surface area contributed by atoms with Crippen molar-refractivity contribution < 1.29 is 4.79 Å². The fourth-order valence-electron chi connectivity index (χ4n) is 3.10. The summed E-state index contributed by atoms with van der Waals surface area (Å²) in [6, 6.07) is 18.5. The molecule has 26 heavy (non-hydrogen) atoms. The van der Waals surface area contributed by atoms with Crippen LogP contribution in [0.25, 0.3) is 11.1 Å². The number of benzene rings is 2. The van der Waals surface area contributed by atoms with Crippen molar-refractivity contribution in [3.63, 3.8) is 0 Å². The molecule has 134 valence electrons. The molecule has 0 saturated heterocycles. The molecule has 0 radical (unpaired) electrons. The molecular weight excluding hydrogens is 324 g/mol. The minimum absolute atomic E-state index is 0.0775. The molecule has 5 nitrogen and oxygen atoms in total. The zero-order chi connectivity index (χ0) is 18.8. The second-order valence-electron chi connectivity index (χ2n) is 6.55. The van der Waals surface area contributed by atoms with E-state index < -0.39 is 0 Å². The number of amides is 1. The zero-order valence-corrected chi connectivity index (χ0v) is 15.6. The molecule has 1 amide bonds. The van der Waals surface area contributed by atoms with E-state index in [0.717, 1.165) is 11.1 Å². The van der Waals surface area contributed by atoms with Gasteiger partial charge in [0, 0.05) is 14.1 Å². The van der Waals surface area contributed by atoms with Gasteiger partial charge in [-0.2, -0.15) is 5.10 Å². The number of nitrogens with zero attached hydrogens (tertiary/aromatic N) is 3. The van der Waals surface area contributed by atoms with Crippen LogP contribution >= 0.6 is 0 Å². The number of hydrogen-bond donors (Lipinski definition) is 1. The number of nitrogen functional groups attached to an aromatic ring is 1. The lowest BCUT2D eigenvalue weighted by Gasteiger charge is -2.25. The molecule has 3 rings (SSSR count). The summed E-state index contributed by atoms with van der Waals surface area (Å²) < 4.78 is 1.54. The third-order valence-electron chi connectivity index (χ3n) is 4.88. The molecule has 1 atom stereocenters. The van der Waals surface area contributed by atoms with Crippen molar-refractivity contribution in [2.45, 2.75) is 19.9 Å². The highest BCUT2D eigenvalue weighted by atomic mass is 16.2. The number of hydrogen-bond acceptors (Lipinski definition) is 3. The maximum Gasteiger partial charge on any atom is 0.259 e. The van der Waals surface area contributed by atoms with Crippen LogP contribution in [0.3, 0.4) is 0 Å². The van der Waals surface area contributed by atoms with Crippen LogP contribution in [-0.2, 0) is 7.05 Å². The molecule has 1 aromatic heterocycles. The summed E-state index contributed by atoms with van der Waals surface area (Å²) in [4.78, 5) is 14.6. The van der Waals surface area contributed by atoms with Gasteiger partial charge >= 0.3 is 0 Å². The number of aryl methyl sites for hydroxylation is 2. The van der Waals surface area contributed by atoms with Gasteiger partial charge in [-0.1, -0.05) is 54.6 Å². The molecule has 0 aliphatic carbocycles. The lowest BCUT2D eigenvalue weighted by atomic mass is 10.0. The Hall–Kier alpha value is -3.08.